The van der Waals surface area contributed by atoms with E-state index in [0.717, 1.165) is 18.7 Å². The van der Waals surface area contributed by atoms with Crippen molar-refractivity contribution in [2.24, 2.45) is 4.99 Å². The predicted octanol–water partition coefficient (Wildman–Crippen LogP) is 2.75. The van der Waals surface area contributed by atoms with Crippen LogP contribution < -0.4 is 9.47 Å². The first-order chi connectivity index (χ1) is 10.1. The molecular weight excluding hydrogens is 271 g/mol. The topological polar surface area (TPSA) is 34.1 Å². The van der Waals surface area contributed by atoms with Crippen LogP contribution in [0, 0.1) is 5.82 Å². The maximum absolute atomic E-state index is 13.9. The Morgan fingerprint density at radius 1 is 1.38 bits per heavy atom. The molecule has 0 aliphatic carbocycles. The number of aliphatic imine (C=N–C) groups is 1. The fraction of sp³-hybridized carbons (Fsp3) is 0.562. The molecule has 5 heteroatoms. The molecule has 0 spiro atoms. The van der Waals surface area contributed by atoms with Crippen LogP contribution in [0.25, 0.3) is 0 Å². The van der Waals surface area contributed by atoms with E-state index in [0.29, 0.717) is 23.9 Å². The monoisotopic (exact) mass is 294 g/mol. The summed E-state index contributed by atoms with van der Waals surface area (Å²) in [7, 11) is 5.14. The Hall–Kier alpha value is -1.62. The third-order valence-electron chi connectivity index (χ3n) is 4.07. The van der Waals surface area contributed by atoms with Crippen LogP contribution >= 0.6 is 0 Å². The lowest BCUT2D eigenvalue weighted by molar-refractivity contribution is 0.317. The van der Waals surface area contributed by atoms with Crippen LogP contribution in [0.3, 0.4) is 0 Å². The molecule has 1 aliphatic heterocycles. The molecule has 1 aliphatic rings. The second-order valence-electron chi connectivity index (χ2n) is 5.36. The summed E-state index contributed by atoms with van der Waals surface area (Å²) >= 11 is 0. The Bertz CT molecular complexity index is 531. The largest absolute Gasteiger partial charge is 0.496 e. The molecule has 0 radical (unpaired) electrons. The number of nitrogens with zero attached hydrogens (tertiary/aromatic N) is 2. The number of methoxy groups -OCH3 is 2. The Morgan fingerprint density at radius 3 is 2.71 bits per heavy atom. The Labute approximate surface area is 125 Å². The molecule has 1 aromatic rings. The maximum atomic E-state index is 13.9. The lowest BCUT2D eigenvalue weighted by Crippen LogP contribution is -2.27. The number of benzene rings is 1. The number of likely N-dealkylation sites (tertiary alicyclic amines) is 1. The summed E-state index contributed by atoms with van der Waals surface area (Å²) in [6, 6.07) is 3.41. The standard InChI is InChI=1S/C16H23FN2O2/c1-11(18-10-12-6-5-9-19(12)2)15-14(20-3)8-7-13(17)16(15)21-4/h7-8,12H,5-6,9-10H2,1-4H3. The summed E-state index contributed by atoms with van der Waals surface area (Å²) < 4.78 is 24.4. The van der Waals surface area contributed by atoms with Crippen LogP contribution in [-0.2, 0) is 0 Å². The van der Waals surface area contributed by atoms with Gasteiger partial charge in [-0.05, 0) is 45.5 Å². The smallest absolute Gasteiger partial charge is 0.167 e. The molecule has 2 rings (SSSR count). The van der Waals surface area contributed by atoms with Gasteiger partial charge in [0.2, 0.25) is 0 Å². The summed E-state index contributed by atoms with van der Waals surface area (Å²) in [4.78, 5) is 6.95. The third-order valence-corrected chi connectivity index (χ3v) is 4.07. The van der Waals surface area contributed by atoms with Gasteiger partial charge in [0.1, 0.15) is 5.75 Å². The molecule has 1 saturated heterocycles. The van der Waals surface area contributed by atoms with Gasteiger partial charge in [-0.1, -0.05) is 0 Å². The van der Waals surface area contributed by atoms with Crippen molar-refractivity contribution >= 4 is 5.71 Å². The Kier molecular flexibility index (Phi) is 5.17. The van der Waals surface area contributed by atoms with Gasteiger partial charge in [-0.25, -0.2) is 4.39 Å². The lowest BCUT2D eigenvalue weighted by atomic mass is 10.1. The first-order valence-electron chi connectivity index (χ1n) is 7.20. The van der Waals surface area contributed by atoms with E-state index >= 15 is 0 Å². The molecule has 1 unspecified atom stereocenters. The predicted molar refractivity (Wildman–Crippen MR) is 82.2 cm³/mol. The summed E-state index contributed by atoms with van der Waals surface area (Å²) in [6.07, 6.45) is 2.37. The number of halogens is 1. The highest BCUT2D eigenvalue weighted by Gasteiger charge is 2.21. The van der Waals surface area contributed by atoms with Gasteiger partial charge in [-0.3, -0.25) is 4.99 Å². The average Bonchev–Trinajstić information content (AvgIpc) is 2.89. The van der Waals surface area contributed by atoms with Crippen molar-refractivity contribution in [2.45, 2.75) is 25.8 Å². The molecule has 0 amide bonds. The van der Waals surface area contributed by atoms with Gasteiger partial charge in [-0.15, -0.1) is 0 Å². The minimum absolute atomic E-state index is 0.190. The molecule has 21 heavy (non-hydrogen) atoms. The summed E-state index contributed by atoms with van der Waals surface area (Å²) in [5.41, 5.74) is 1.34. The number of hydrogen-bond donors (Lipinski definition) is 0. The molecule has 0 bridgehead atoms. The van der Waals surface area contributed by atoms with E-state index in [-0.39, 0.29) is 5.75 Å². The van der Waals surface area contributed by atoms with Crippen LogP contribution in [0.15, 0.2) is 17.1 Å². The van der Waals surface area contributed by atoms with Crippen molar-refractivity contribution in [1.82, 2.24) is 4.90 Å². The number of ether oxygens (including phenoxy) is 2. The Morgan fingerprint density at radius 2 is 2.14 bits per heavy atom. The molecule has 0 N–H and O–H groups in total. The summed E-state index contributed by atoms with van der Waals surface area (Å²) in [5.74, 6) is 0.366. The molecule has 0 aromatic heterocycles. The molecule has 1 heterocycles. The van der Waals surface area contributed by atoms with E-state index in [4.69, 9.17) is 9.47 Å². The summed E-state index contributed by atoms with van der Waals surface area (Å²) in [5, 5.41) is 0. The van der Waals surface area contributed by atoms with Crippen molar-refractivity contribution in [3.63, 3.8) is 0 Å². The molecule has 0 saturated carbocycles. The van der Waals surface area contributed by atoms with Crippen LogP contribution in [0.2, 0.25) is 0 Å². The quantitative estimate of drug-likeness (QED) is 0.783. The van der Waals surface area contributed by atoms with E-state index in [1.54, 1.807) is 13.2 Å². The van der Waals surface area contributed by atoms with Crippen LogP contribution in [0.5, 0.6) is 11.5 Å². The minimum Gasteiger partial charge on any atom is -0.496 e. The minimum atomic E-state index is -0.402. The van der Waals surface area contributed by atoms with Gasteiger partial charge in [0.15, 0.2) is 11.6 Å². The van der Waals surface area contributed by atoms with E-state index in [1.807, 2.05) is 6.92 Å². The zero-order valence-corrected chi connectivity index (χ0v) is 13.1. The van der Waals surface area contributed by atoms with Crippen LogP contribution in [0.4, 0.5) is 4.39 Å². The van der Waals surface area contributed by atoms with Crippen molar-refractivity contribution in [3.05, 3.63) is 23.5 Å². The zero-order valence-electron chi connectivity index (χ0n) is 13.1. The normalized spacial score (nSPS) is 19.9. The van der Waals surface area contributed by atoms with E-state index < -0.39 is 5.82 Å². The molecule has 4 nitrogen and oxygen atoms in total. The second-order valence-corrected chi connectivity index (χ2v) is 5.36. The van der Waals surface area contributed by atoms with Crippen molar-refractivity contribution in [2.75, 3.05) is 34.4 Å². The molecule has 1 atom stereocenters. The maximum Gasteiger partial charge on any atom is 0.167 e. The first-order valence-corrected chi connectivity index (χ1v) is 7.20. The molecule has 116 valence electrons. The fourth-order valence-electron chi connectivity index (χ4n) is 2.78. The molecular formula is C16H23FN2O2. The van der Waals surface area contributed by atoms with Gasteiger partial charge >= 0.3 is 0 Å². The molecule has 1 fully saturated rings. The second kappa shape index (κ2) is 6.89. The van der Waals surface area contributed by atoms with Crippen LogP contribution in [-0.4, -0.2) is 51.0 Å². The Balaban J connectivity index is 2.28. The number of likely N-dealkylation sites (N-methyl/N-ethyl adjacent to an activating group) is 1. The van der Waals surface area contributed by atoms with Crippen LogP contribution in [0.1, 0.15) is 25.3 Å². The van der Waals surface area contributed by atoms with Gasteiger partial charge < -0.3 is 14.4 Å². The van der Waals surface area contributed by atoms with E-state index in [9.17, 15) is 4.39 Å². The SMILES string of the molecule is COc1ccc(F)c(OC)c1C(C)=NCC1CCCN1C. The van der Waals surface area contributed by atoms with Crippen molar-refractivity contribution < 1.29 is 13.9 Å². The number of hydrogen-bond acceptors (Lipinski definition) is 4. The highest BCUT2D eigenvalue weighted by molar-refractivity contribution is 6.03. The van der Waals surface area contributed by atoms with Gasteiger partial charge in [0.25, 0.3) is 0 Å². The van der Waals surface area contributed by atoms with E-state index in [1.165, 1.54) is 19.6 Å². The highest BCUT2D eigenvalue weighted by atomic mass is 19.1. The average molecular weight is 294 g/mol. The van der Waals surface area contributed by atoms with Gasteiger partial charge in [-0.2, -0.15) is 0 Å². The molecule has 1 aromatic carbocycles. The lowest BCUT2D eigenvalue weighted by Gasteiger charge is -2.18. The van der Waals surface area contributed by atoms with E-state index in [2.05, 4.69) is 16.9 Å². The first kappa shape index (κ1) is 15.8. The summed E-state index contributed by atoms with van der Waals surface area (Å²) in [6.45, 7) is 3.70. The highest BCUT2D eigenvalue weighted by Crippen LogP contribution is 2.32. The third kappa shape index (κ3) is 3.35. The van der Waals surface area contributed by atoms with Crippen molar-refractivity contribution in [3.8, 4) is 11.5 Å². The fourth-order valence-corrected chi connectivity index (χ4v) is 2.78. The van der Waals surface area contributed by atoms with Gasteiger partial charge in [0, 0.05) is 11.8 Å². The zero-order chi connectivity index (χ0) is 15.4. The van der Waals surface area contributed by atoms with Crippen molar-refractivity contribution in [1.29, 1.82) is 0 Å². The van der Waals surface area contributed by atoms with Gasteiger partial charge in [0.05, 0.1) is 26.3 Å². The number of rotatable bonds is 5.